The van der Waals surface area contributed by atoms with Gasteiger partial charge in [0.05, 0.1) is 5.69 Å². The van der Waals surface area contributed by atoms with E-state index in [9.17, 15) is 14.4 Å². The van der Waals surface area contributed by atoms with E-state index in [2.05, 4.69) is 0 Å². The molecule has 0 unspecified atom stereocenters. The van der Waals surface area contributed by atoms with Gasteiger partial charge >= 0.3 is 5.97 Å². The number of amides is 1. The minimum atomic E-state index is -0.573. The lowest BCUT2D eigenvalue weighted by atomic mass is 10.1. The Hall–Kier alpha value is -3.15. The van der Waals surface area contributed by atoms with Crippen LogP contribution in [0.3, 0.4) is 0 Å². The van der Waals surface area contributed by atoms with Crippen LogP contribution in [0.5, 0.6) is 11.5 Å². The predicted molar refractivity (Wildman–Crippen MR) is 86.4 cm³/mol. The van der Waals surface area contributed by atoms with Gasteiger partial charge in [0.25, 0.3) is 5.91 Å². The Kier molecular flexibility index (Phi) is 4.29. The number of hydrogen-bond acceptors (Lipinski definition) is 5. The zero-order valence-corrected chi connectivity index (χ0v) is 13.0. The first-order chi connectivity index (χ1) is 11.5. The number of Topliss-reactive ketones (excluding diaryl/α,β-unsaturated/α-hetero) is 1. The Morgan fingerprint density at radius 3 is 2.54 bits per heavy atom. The fourth-order valence-corrected chi connectivity index (χ4v) is 2.38. The number of fused-ring (bicyclic) bond motifs is 1. The van der Waals surface area contributed by atoms with Crippen molar-refractivity contribution in [3.63, 3.8) is 0 Å². The minimum Gasteiger partial charge on any atom is -0.482 e. The summed E-state index contributed by atoms with van der Waals surface area (Å²) in [5, 5.41) is 0. The van der Waals surface area contributed by atoms with Gasteiger partial charge in [-0.1, -0.05) is 12.1 Å². The highest BCUT2D eigenvalue weighted by atomic mass is 16.5. The number of esters is 1. The molecule has 0 spiro atoms. The second-order valence-electron chi connectivity index (χ2n) is 5.29. The first-order valence-corrected chi connectivity index (χ1v) is 7.38. The Morgan fingerprint density at radius 1 is 1.12 bits per heavy atom. The molecule has 6 nitrogen and oxygen atoms in total. The molecule has 0 fully saturated rings. The molecule has 24 heavy (non-hydrogen) atoms. The minimum absolute atomic E-state index is 0.0663. The quantitative estimate of drug-likeness (QED) is 0.489. The molecule has 2 aromatic rings. The second-order valence-corrected chi connectivity index (χ2v) is 5.29. The molecule has 1 aliphatic rings. The van der Waals surface area contributed by atoms with E-state index >= 15 is 0 Å². The second kappa shape index (κ2) is 6.54. The molecule has 0 N–H and O–H groups in total. The van der Waals surface area contributed by atoms with Crippen LogP contribution < -0.4 is 14.4 Å². The number of nitrogens with zero attached hydrogens (tertiary/aromatic N) is 1. The number of rotatable bonds is 4. The largest absolute Gasteiger partial charge is 0.482 e. The molecule has 0 saturated carbocycles. The van der Waals surface area contributed by atoms with E-state index in [-0.39, 0.29) is 24.8 Å². The van der Waals surface area contributed by atoms with Crippen LogP contribution in [0.25, 0.3) is 0 Å². The number of anilines is 1. The van der Waals surface area contributed by atoms with E-state index in [4.69, 9.17) is 9.47 Å². The number of ether oxygens (including phenoxy) is 2. The van der Waals surface area contributed by atoms with Crippen molar-refractivity contribution in [1.82, 2.24) is 0 Å². The normalized spacial score (nSPS) is 13.0. The van der Waals surface area contributed by atoms with Crippen LogP contribution >= 0.6 is 0 Å². The fraction of sp³-hybridized carbons (Fsp3) is 0.167. The highest BCUT2D eigenvalue weighted by molar-refractivity contribution is 6.01. The molecule has 0 atom stereocenters. The lowest BCUT2D eigenvalue weighted by Gasteiger charge is -2.28. The molecule has 1 amide bonds. The van der Waals surface area contributed by atoms with Crippen molar-refractivity contribution in [3.8, 4) is 11.5 Å². The van der Waals surface area contributed by atoms with E-state index in [1.165, 1.54) is 11.8 Å². The van der Waals surface area contributed by atoms with Gasteiger partial charge in [-0.25, -0.2) is 4.79 Å². The summed E-state index contributed by atoms with van der Waals surface area (Å²) in [6.07, 6.45) is 0. The van der Waals surface area contributed by atoms with Crippen molar-refractivity contribution < 1.29 is 23.9 Å². The molecule has 0 saturated heterocycles. The van der Waals surface area contributed by atoms with E-state index in [0.29, 0.717) is 22.7 Å². The molecule has 3 rings (SSSR count). The van der Waals surface area contributed by atoms with Crippen molar-refractivity contribution >= 4 is 23.3 Å². The summed E-state index contributed by atoms with van der Waals surface area (Å²) < 4.78 is 10.6. The summed E-state index contributed by atoms with van der Waals surface area (Å²) in [5.41, 5.74) is 1.07. The van der Waals surface area contributed by atoms with Gasteiger partial charge in [-0.15, -0.1) is 0 Å². The molecule has 122 valence electrons. The van der Waals surface area contributed by atoms with Gasteiger partial charge in [0.1, 0.15) is 18.0 Å². The lowest BCUT2D eigenvalue weighted by molar-refractivity contribution is -0.134. The van der Waals surface area contributed by atoms with Crippen molar-refractivity contribution in [3.05, 3.63) is 54.1 Å². The number of ketones is 1. The van der Waals surface area contributed by atoms with Crippen molar-refractivity contribution in [2.45, 2.75) is 6.92 Å². The Labute approximate surface area is 138 Å². The van der Waals surface area contributed by atoms with E-state index in [0.717, 1.165) is 0 Å². The van der Waals surface area contributed by atoms with Crippen LogP contribution in [-0.2, 0) is 9.59 Å². The van der Waals surface area contributed by atoms with Crippen molar-refractivity contribution in [2.75, 3.05) is 18.1 Å². The van der Waals surface area contributed by atoms with Crippen LogP contribution in [0.1, 0.15) is 17.3 Å². The molecule has 6 heteroatoms. The third-order valence-electron chi connectivity index (χ3n) is 3.59. The van der Waals surface area contributed by atoms with Gasteiger partial charge < -0.3 is 9.47 Å². The van der Waals surface area contributed by atoms with Gasteiger partial charge in [0.15, 0.2) is 12.4 Å². The fourth-order valence-electron chi connectivity index (χ4n) is 2.38. The first-order valence-electron chi connectivity index (χ1n) is 7.38. The number of carbonyl (C=O) groups is 3. The lowest BCUT2D eigenvalue weighted by Crippen LogP contribution is -2.43. The molecular weight excluding hydrogens is 310 g/mol. The van der Waals surface area contributed by atoms with Crippen molar-refractivity contribution in [2.24, 2.45) is 0 Å². The van der Waals surface area contributed by atoms with Gasteiger partial charge in [-0.3, -0.25) is 14.5 Å². The molecular formula is C18H15NO5. The van der Waals surface area contributed by atoms with Gasteiger partial charge in [0, 0.05) is 5.56 Å². The molecule has 0 bridgehead atoms. The summed E-state index contributed by atoms with van der Waals surface area (Å²) in [7, 11) is 0. The summed E-state index contributed by atoms with van der Waals surface area (Å²) in [6, 6.07) is 13.3. The highest BCUT2D eigenvalue weighted by Crippen LogP contribution is 2.31. The number of carbonyl (C=O) groups excluding carboxylic acids is 3. The van der Waals surface area contributed by atoms with Crippen LogP contribution in [0.15, 0.2) is 48.5 Å². The predicted octanol–water partition coefficient (Wildman–Crippen LogP) is 2.22. The molecule has 2 aromatic carbocycles. The first kappa shape index (κ1) is 15.7. The molecule has 0 aliphatic carbocycles. The average Bonchev–Trinajstić information content (AvgIpc) is 2.58. The molecule has 1 heterocycles. The summed E-state index contributed by atoms with van der Waals surface area (Å²) in [4.78, 5) is 36.7. The average molecular weight is 325 g/mol. The summed E-state index contributed by atoms with van der Waals surface area (Å²) in [5.74, 6) is -0.0775. The van der Waals surface area contributed by atoms with Gasteiger partial charge in [-0.2, -0.15) is 0 Å². The Bertz CT molecular complexity index is 797. The maximum absolute atomic E-state index is 12.1. The smallest absolute Gasteiger partial charge is 0.331 e. The maximum atomic E-state index is 12.1. The van der Waals surface area contributed by atoms with Crippen LogP contribution in [0.2, 0.25) is 0 Å². The van der Waals surface area contributed by atoms with Crippen LogP contribution in [-0.4, -0.2) is 30.8 Å². The zero-order chi connectivity index (χ0) is 17.1. The third-order valence-corrected chi connectivity index (χ3v) is 3.59. The molecule has 0 radical (unpaired) electrons. The van der Waals surface area contributed by atoms with Crippen LogP contribution in [0.4, 0.5) is 5.69 Å². The topological polar surface area (TPSA) is 72.9 Å². The van der Waals surface area contributed by atoms with Crippen molar-refractivity contribution in [1.29, 1.82) is 0 Å². The maximum Gasteiger partial charge on any atom is 0.331 e. The summed E-state index contributed by atoms with van der Waals surface area (Å²) in [6.45, 7) is 1.13. The number of para-hydroxylation sites is 2. The molecule has 1 aliphatic heterocycles. The molecule has 0 aromatic heterocycles. The standard InChI is InChI=1S/C18H15NO5/c1-12(20)13-6-8-14(9-7-13)24-18(22)10-19-15-4-2-3-5-16(15)23-11-17(19)21/h2-9H,10-11H2,1H3. The Balaban J connectivity index is 1.70. The number of benzene rings is 2. The number of hydrogen-bond donors (Lipinski definition) is 0. The van der Waals surface area contributed by atoms with E-state index in [1.54, 1.807) is 48.5 Å². The highest BCUT2D eigenvalue weighted by Gasteiger charge is 2.27. The Morgan fingerprint density at radius 2 is 1.83 bits per heavy atom. The van der Waals surface area contributed by atoms with E-state index in [1.807, 2.05) is 0 Å². The SMILES string of the molecule is CC(=O)c1ccc(OC(=O)CN2C(=O)COc3ccccc32)cc1. The zero-order valence-electron chi connectivity index (χ0n) is 13.0. The third kappa shape index (κ3) is 3.27. The van der Waals surface area contributed by atoms with Gasteiger partial charge in [0.2, 0.25) is 0 Å². The van der Waals surface area contributed by atoms with E-state index < -0.39 is 5.97 Å². The summed E-state index contributed by atoms with van der Waals surface area (Å²) >= 11 is 0. The monoisotopic (exact) mass is 325 g/mol. The van der Waals surface area contributed by atoms with Crippen LogP contribution in [0, 0.1) is 0 Å². The van der Waals surface area contributed by atoms with Gasteiger partial charge in [-0.05, 0) is 43.3 Å².